The van der Waals surface area contributed by atoms with Gasteiger partial charge in [0, 0.05) is 13.1 Å². The average Bonchev–Trinajstić information content (AvgIpc) is 2.77. The fourth-order valence-corrected chi connectivity index (χ4v) is 2.16. The standard InChI is InChI=1S/C13H21N3O/c1-4-11-5-6-16(9-11)12-7-14-8-13(15-12)17-10(2)3/h7-8,10-11H,4-6,9H2,1-3H3. The number of anilines is 1. The lowest BCUT2D eigenvalue weighted by Gasteiger charge is -2.18. The lowest BCUT2D eigenvalue weighted by atomic mass is 10.1. The molecule has 1 aliphatic rings. The van der Waals surface area contributed by atoms with Gasteiger partial charge in [0.2, 0.25) is 5.88 Å². The Morgan fingerprint density at radius 2 is 2.29 bits per heavy atom. The first kappa shape index (κ1) is 12.1. The van der Waals surface area contributed by atoms with Crippen LogP contribution in [-0.2, 0) is 0 Å². The quantitative estimate of drug-likeness (QED) is 0.803. The van der Waals surface area contributed by atoms with Crippen LogP contribution in [-0.4, -0.2) is 29.2 Å². The zero-order valence-electron chi connectivity index (χ0n) is 10.9. The van der Waals surface area contributed by atoms with Crippen LogP contribution in [0.1, 0.15) is 33.6 Å². The minimum Gasteiger partial charge on any atom is -0.474 e. The van der Waals surface area contributed by atoms with Crippen LogP contribution in [0.5, 0.6) is 5.88 Å². The molecule has 0 N–H and O–H groups in total. The van der Waals surface area contributed by atoms with Gasteiger partial charge in [-0.3, -0.25) is 4.98 Å². The summed E-state index contributed by atoms with van der Waals surface area (Å²) in [4.78, 5) is 11.0. The highest BCUT2D eigenvalue weighted by Gasteiger charge is 2.22. The van der Waals surface area contributed by atoms with Gasteiger partial charge in [-0.1, -0.05) is 13.3 Å². The van der Waals surface area contributed by atoms with Gasteiger partial charge in [-0.2, -0.15) is 4.98 Å². The van der Waals surface area contributed by atoms with E-state index in [2.05, 4.69) is 21.8 Å². The topological polar surface area (TPSA) is 38.2 Å². The molecule has 0 amide bonds. The van der Waals surface area contributed by atoms with E-state index in [1.165, 1.54) is 12.8 Å². The van der Waals surface area contributed by atoms with Crippen LogP contribution in [0.3, 0.4) is 0 Å². The summed E-state index contributed by atoms with van der Waals surface area (Å²) in [6.45, 7) is 8.42. The van der Waals surface area contributed by atoms with Crippen LogP contribution in [0.25, 0.3) is 0 Å². The molecule has 4 nitrogen and oxygen atoms in total. The van der Waals surface area contributed by atoms with Crippen LogP contribution in [0.15, 0.2) is 12.4 Å². The number of aromatic nitrogens is 2. The van der Waals surface area contributed by atoms with Gasteiger partial charge in [-0.05, 0) is 26.2 Å². The fourth-order valence-electron chi connectivity index (χ4n) is 2.16. The van der Waals surface area contributed by atoms with Crippen molar-refractivity contribution < 1.29 is 4.74 Å². The second kappa shape index (κ2) is 5.34. The Balaban J connectivity index is 2.06. The largest absolute Gasteiger partial charge is 0.474 e. The third kappa shape index (κ3) is 3.08. The molecule has 2 heterocycles. The van der Waals surface area contributed by atoms with Crippen molar-refractivity contribution in [3.63, 3.8) is 0 Å². The molecule has 1 fully saturated rings. The Bertz CT molecular complexity index is 367. The smallest absolute Gasteiger partial charge is 0.234 e. The van der Waals surface area contributed by atoms with Crippen molar-refractivity contribution in [1.82, 2.24) is 9.97 Å². The molecule has 0 bridgehead atoms. The van der Waals surface area contributed by atoms with Gasteiger partial charge in [-0.25, -0.2) is 0 Å². The first-order chi connectivity index (χ1) is 8.19. The molecule has 2 rings (SSSR count). The van der Waals surface area contributed by atoms with Gasteiger partial charge in [0.05, 0.1) is 18.5 Å². The van der Waals surface area contributed by atoms with Crippen LogP contribution in [0.4, 0.5) is 5.82 Å². The molecule has 0 aliphatic carbocycles. The molecule has 1 aliphatic heterocycles. The summed E-state index contributed by atoms with van der Waals surface area (Å²) >= 11 is 0. The molecule has 4 heteroatoms. The van der Waals surface area contributed by atoms with Gasteiger partial charge >= 0.3 is 0 Å². The molecule has 1 saturated heterocycles. The summed E-state index contributed by atoms with van der Waals surface area (Å²) in [5, 5.41) is 0. The molecule has 1 unspecified atom stereocenters. The maximum atomic E-state index is 5.57. The van der Waals surface area contributed by atoms with Gasteiger partial charge in [0.15, 0.2) is 5.82 Å². The summed E-state index contributed by atoms with van der Waals surface area (Å²) in [5.74, 6) is 2.36. The van der Waals surface area contributed by atoms with Crippen LogP contribution in [0.2, 0.25) is 0 Å². The Morgan fingerprint density at radius 1 is 1.47 bits per heavy atom. The highest BCUT2D eigenvalue weighted by atomic mass is 16.5. The van der Waals surface area contributed by atoms with Crippen molar-refractivity contribution in [2.75, 3.05) is 18.0 Å². The summed E-state index contributed by atoms with van der Waals surface area (Å²) in [6, 6.07) is 0. The van der Waals surface area contributed by atoms with Crippen LogP contribution in [0, 0.1) is 5.92 Å². The van der Waals surface area contributed by atoms with E-state index in [-0.39, 0.29) is 6.10 Å². The molecule has 0 aromatic carbocycles. The Kier molecular flexibility index (Phi) is 3.82. The predicted molar refractivity (Wildman–Crippen MR) is 68.4 cm³/mol. The highest BCUT2D eigenvalue weighted by molar-refractivity contribution is 5.38. The van der Waals surface area contributed by atoms with Crippen molar-refractivity contribution in [1.29, 1.82) is 0 Å². The molecule has 17 heavy (non-hydrogen) atoms. The first-order valence-corrected chi connectivity index (χ1v) is 6.42. The van der Waals surface area contributed by atoms with Crippen LogP contribution < -0.4 is 9.64 Å². The van der Waals surface area contributed by atoms with Crippen molar-refractivity contribution >= 4 is 5.82 Å². The maximum absolute atomic E-state index is 5.57. The van der Waals surface area contributed by atoms with E-state index < -0.39 is 0 Å². The number of ether oxygens (including phenoxy) is 1. The first-order valence-electron chi connectivity index (χ1n) is 6.42. The Hall–Kier alpha value is -1.32. The van der Waals surface area contributed by atoms with Gasteiger partial charge in [-0.15, -0.1) is 0 Å². The number of nitrogens with zero attached hydrogens (tertiary/aromatic N) is 3. The van der Waals surface area contributed by atoms with Crippen molar-refractivity contribution in [3.8, 4) is 5.88 Å². The van der Waals surface area contributed by atoms with E-state index >= 15 is 0 Å². The van der Waals surface area contributed by atoms with E-state index in [4.69, 9.17) is 4.74 Å². The van der Waals surface area contributed by atoms with E-state index in [1.807, 2.05) is 20.0 Å². The predicted octanol–water partition coefficient (Wildman–Crippen LogP) is 2.50. The third-order valence-corrected chi connectivity index (χ3v) is 3.14. The summed E-state index contributed by atoms with van der Waals surface area (Å²) < 4.78 is 5.57. The van der Waals surface area contributed by atoms with Gasteiger partial charge < -0.3 is 9.64 Å². The molecule has 94 valence electrons. The van der Waals surface area contributed by atoms with E-state index in [0.29, 0.717) is 5.88 Å². The zero-order valence-corrected chi connectivity index (χ0v) is 10.9. The van der Waals surface area contributed by atoms with Gasteiger partial charge in [0.1, 0.15) is 0 Å². The molecule has 0 radical (unpaired) electrons. The normalized spacial score (nSPS) is 20.0. The molecule has 1 aromatic heterocycles. The number of hydrogen-bond acceptors (Lipinski definition) is 4. The highest BCUT2D eigenvalue weighted by Crippen LogP contribution is 2.24. The minimum atomic E-state index is 0.140. The summed E-state index contributed by atoms with van der Waals surface area (Å²) in [5.41, 5.74) is 0. The second-order valence-electron chi connectivity index (χ2n) is 4.89. The summed E-state index contributed by atoms with van der Waals surface area (Å²) in [7, 11) is 0. The second-order valence-corrected chi connectivity index (χ2v) is 4.89. The average molecular weight is 235 g/mol. The van der Waals surface area contributed by atoms with E-state index in [0.717, 1.165) is 24.8 Å². The van der Waals surface area contributed by atoms with Crippen LogP contribution >= 0.6 is 0 Å². The minimum absolute atomic E-state index is 0.140. The van der Waals surface area contributed by atoms with Gasteiger partial charge in [0.25, 0.3) is 0 Å². The van der Waals surface area contributed by atoms with E-state index in [9.17, 15) is 0 Å². The maximum Gasteiger partial charge on any atom is 0.234 e. The lowest BCUT2D eigenvalue weighted by molar-refractivity contribution is 0.231. The monoisotopic (exact) mass is 235 g/mol. The molecule has 0 saturated carbocycles. The SMILES string of the molecule is CCC1CCN(c2cncc(OC(C)C)n2)C1. The molecular formula is C13H21N3O. The Morgan fingerprint density at radius 3 is 2.94 bits per heavy atom. The summed E-state index contributed by atoms with van der Waals surface area (Å²) in [6.07, 6.45) is 6.14. The lowest BCUT2D eigenvalue weighted by Crippen LogP contribution is -2.21. The fraction of sp³-hybridized carbons (Fsp3) is 0.692. The Labute approximate surface area is 103 Å². The van der Waals surface area contributed by atoms with Crippen molar-refractivity contribution in [3.05, 3.63) is 12.4 Å². The van der Waals surface area contributed by atoms with Crippen molar-refractivity contribution in [2.45, 2.75) is 39.7 Å². The third-order valence-electron chi connectivity index (χ3n) is 3.14. The molecule has 0 spiro atoms. The number of hydrogen-bond donors (Lipinski definition) is 0. The number of rotatable bonds is 4. The van der Waals surface area contributed by atoms with Crippen molar-refractivity contribution in [2.24, 2.45) is 5.92 Å². The molecule has 1 aromatic rings. The van der Waals surface area contributed by atoms with E-state index in [1.54, 1.807) is 6.20 Å². The zero-order chi connectivity index (χ0) is 12.3. The molecule has 1 atom stereocenters. The molecular weight excluding hydrogens is 214 g/mol.